The van der Waals surface area contributed by atoms with Gasteiger partial charge in [0.15, 0.2) is 16.6 Å². The highest BCUT2D eigenvalue weighted by Gasteiger charge is 2.34. The van der Waals surface area contributed by atoms with Gasteiger partial charge >= 0.3 is 0 Å². The Kier molecular flexibility index (Phi) is 8.95. The molecule has 0 spiro atoms. The number of carbonyl (C=O) groups is 2. The molecule has 3 aromatic rings. The van der Waals surface area contributed by atoms with Crippen LogP contribution in [0.2, 0.25) is 15.1 Å². The third-order valence-corrected chi connectivity index (χ3v) is 6.89. The van der Waals surface area contributed by atoms with Crippen molar-refractivity contribution >= 4 is 75.7 Å². The van der Waals surface area contributed by atoms with E-state index in [2.05, 4.69) is 5.32 Å². The second kappa shape index (κ2) is 12.2. The first kappa shape index (κ1) is 27.9. The third-order valence-electron chi connectivity index (χ3n) is 5.73. The maximum atomic E-state index is 13.4. The number of halogens is 3. The molecule has 1 N–H and O–H groups in total. The molecule has 0 saturated carbocycles. The molecule has 0 atom stereocenters. The van der Waals surface area contributed by atoms with Gasteiger partial charge < -0.3 is 9.47 Å². The molecule has 4 rings (SSSR count). The molecule has 1 saturated heterocycles. The summed E-state index contributed by atoms with van der Waals surface area (Å²) in [6, 6.07) is 15.7. The summed E-state index contributed by atoms with van der Waals surface area (Å²) in [5.74, 6) is -0.494. The largest absolute Gasteiger partial charge is 0.490 e. The Morgan fingerprint density at radius 2 is 1.68 bits per heavy atom. The molecule has 0 bridgehead atoms. The van der Waals surface area contributed by atoms with Crippen molar-refractivity contribution < 1.29 is 19.1 Å². The summed E-state index contributed by atoms with van der Waals surface area (Å²) >= 11 is 24.1. The van der Waals surface area contributed by atoms with Crippen molar-refractivity contribution in [2.45, 2.75) is 26.9 Å². The number of hydrogen-bond acceptors (Lipinski definition) is 5. The standard InChI is InChI=1S/C28H23Cl3N2O4S/c1-3-16-5-9-20(10-6-16)33-27(35)21(26(34)32-28(33)38)11-17-12-23(31)25(24(13-17)36-4-2)37-15-18-7-8-19(29)14-22(18)30/h5-14H,3-4,15H2,1-2H3,(H,32,34,38)/b21-11+. The minimum absolute atomic E-state index is 0.0130. The van der Waals surface area contributed by atoms with Gasteiger partial charge in [-0.2, -0.15) is 0 Å². The number of amides is 2. The first-order valence-corrected chi connectivity index (χ1v) is 13.3. The molecule has 1 aliphatic heterocycles. The predicted octanol–water partition coefficient (Wildman–Crippen LogP) is 7.02. The zero-order valence-corrected chi connectivity index (χ0v) is 23.6. The molecular formula is C28H23Cl3N2O4S. The van der Waals surface area contributed by atoms with E-state index in [4.69, 9.17) is 56.5 Å². The van der Waals surface area contributed by atoms with Crippen LogP contribution in [0.5, 0.6) is 11.5 Å². The van der Waals surface area contributed by atoms with Crippen molar-refractivity contribution in [2.75, 3.05) is 11.5 Å². The van der Waals surface area contributed by atoms with Gasteiger partial charge in [-0.15, -0.1) is 0 Å². The molecule has 38 heavy (non-hydrogen) atoms. The maximum absolute atomic E-state index is 13.4. The Labute approximate surface area is 241 Å². The third kappa shape index (κ3) is 6.13. The van der Waals surface area contributed by atoms with E-state index in [0.29, 0.717) is 45.0 Å². The van der Waals surface area contributed by atoms with E-state index in [1.165, 1.54) is 11.0 Å². The van der Waals surface area contributed by atoms with Crippen LogP contribution in [0.1, 0.15) is 30.5 Å². The lowest BCUT2D eigenvalue weighted by atomic mass is 10.1. The lowest BCUT2D eigenvalue weighted by Gasteiger charge is -2.29. The van der Waals surface area contributed by atoms with Crippen LogP contribution in [-0.4, -0.2) is 23.5 Å². The van der Waals surface area contributed by atoms with Gasteiger partial charge in [0.2, 0.25) is 0 Å². The van der Waals surface area contributed by atoms with Gasteiger partial charge in [-0.05, 0) is 79.2 Å². The molecule has 1 heterocycles. The van der Waals surface area contributed by atoms with E-state index < -0.39 is 11.8 Å². The van der Waals surface area contributed by atoms with Crippen LogP contribution in [0, 0.1) is 0 Å². The zero-order chi connectivity index (χ0) is 27.4. The van der Waals surface area contributed by atoms with Crippen molar-refractivity contribution in [2.24, 2.45) is 0 Å². The summed E-state index contributed by atoms with van der Waals surface area (Å²) in [7, 11) is 0. The van der Waals surface area contributed by atoms with Gasteiger partial charge in [-0.1, -0.05) is 59.9 Å². The fourth-order valence-corrected chi connectivity index (χ4v) is 4.82. The number of nitrogens with zero attached hydrogens (tertiary/aromatic N) is 1. The fraction of sp³-hybridized carbons (Fsp3) is 0.179. The van der Waals surface area contributed by atoms with Gasteiger partial charge in [-0.25, -0.2) is 0 Å². The van der Waals surface area contributed by atoms with Crippen LogP contribution in [0.15, 0.2) is 60.2 Å². The van der Waals surface area contributed by atoms with E-state index in [9.17, 15) is 9.59 Å². The summed E-state index contributed by atoms with van der Waals surface area (Å²) < 4.78 is 11.7. The number of carbonyl (C=O) groups excluding carboxylic acids is 2. The normalized spacial score (nSPS) is 14.6. The van der Waals surface area contributed by atoms with Crippen molar-refractivity contribution in [3.05, 3.63) is 91.9 Å². The molecule has 2 amide bonds. The molecule has 1 fully saturated rings. The molecule has 6 nitrogen and oxygen atoms in total. The Hall–Kier alpha value is -3.10. The zero-order valence-electron chi connectivity index (χ0n) is 20.5. The average Bonchev–Trinajstić information content (AvgIpc) is 2.87. The van der Waals surface area contributed by atoms with Crippen LogP contribution in [0.25, 0.3) is 6.08 Å². The lowest BCUT2D eigenvalue weighted by Crippen LogP contribution is -2.54. The van der Waals surface area contributed by atoms with Crippen molar-refractivity contribution in [3.8, 4) is 11.5 Å². The number of rotatable bonds is 8. The second-order valence-corrected chi connectivity index (χ2v) is 9.90. The summed E-state index contributed by atoms with van der Waals surface area (Å²) in [6.07, 6.45) is 2.30. The molecule has 196 valence electrons. The van der Waals surface area contributed by atoms with Crippen LogP contribution in [-0.2, 0) is 22.6 Å². The first-order valence-electron chi connectivity index (χ1n) is 11.7. The highest BCUT2D eigenvalue weighted by molar-refractivity contribution is 7.80. The monoisotopic (exact) mass is 588 g/mol. The Balaban J connectivity index is 1.65. The van der Waals surface area contributed by atoms with Crippen molar-refractivity contribution in [1.29, 1.82) is 0 Å². The topological polar surface area (TPSA) is 67.9 Å². The highest BCUT2D eigenvalue weighted by Crippen LogP contribution is 2.38. The van der Waals surface area contributed by atoms with Gasteiger partial charge in [-0.3, -0.25) is 19.8 Å². The molecule has 0 unspecified atom stereocenters. The minimum Gasteiger partial charge on any atom is -0.490 e. The fourth-order valence-electron chi connectivity index (χ4n) is 3.80. The SMILES string of the molecule is CCOc1cc(/C=C2\C(=O)NC(=S)N(c3ccc(CC)cc3)C2=O)cc(Cl)c1OCc1ccc(Cl)cc1Cl. The van der Waals surface area contributed by atoms with E-state index in [-0.39, 0.29) is 22.3 Å². The van der Waals surface area contributed by atoms with Gasteiger partial charge in [0.1, 0.15) is 12.2 Å². The van der Waals surface area contributed by atoms with Gasteiger partial charge in [0.05, 0.1) is 17.3 Å². The highest BCUT2D eigenvalue weighted by atomic mass is 35.5. The maximum Gasteiger partial charge on any atom is 0.270 e. The Morgan fingerprint density at radius 3 is 2.34 bits per heavy atom. The van der Waals surface area contributed by atoms with Crippen LogP contribution in [0.3, 0.4) is 0 Å². The number of hydrogen-bond donors (Lipinski definition) is 1. The van der Waals surface area contributed by atoms with Crippen molar-refractivity contribution in [3.63, 3.8) is 0 Å². The molecule has 1 aliphatic rings. The predicted molar refractivity (Wildman–Crippen MR) is 155 cm³/mol. The van der Waals surface area contributed by atoms with Crippen molar-refractivity contribution in [1.82, 2.24) is 5.32 Å². The minimum atomic E-state index is -0.604. The number of ether oxygens (including phenoxy) is 2. The van der Waals surface area contributed by atoms with E-state index in [1.807, 2.05) is 26.0 Å². The molecule has 0 radical (unpaired) electrons. The summed E-state index contributed by atoms with van der Waals surface area (Å²) in [6.45, 7) is 4.32. The number of anilines is 1. The quantitative estimate of drug-likeness (QED) is 0.174. The lowest BCUT2D eigenvalue weighted by molar-refractivity contribution is -0.122. The number of aryl methyl sites for hydroxylation is 1. The number of benzene rings is 3. The summed E-state index contributed by atoms with van der Waals surface area (Å²) in [4.78, 5) is 27.4. The molecular weight excluding hydrogens is 567 g/mol. The average molecular weight is 590 g/mol. The van der Waals surface area contributed by atoms with Crippen LogP contribution in [0.4, 0.5) is 5.69 Å². The summed E-state index contributed by atoms with van der Waals surface area (Å²) in [5, 5.41) is 3.81. The smallest absolute Gasteiger partial charge is 0.270 e. The van der Waals surface area contributed by atoms with E-state index in [0.717, 1.165) is 12.0 Å². The molecule has 3 aromatic carbocycles. The van der Waals surface area contributed by atoms with Crippen LogP contribution < -0.4 is 19.7 Å². The van der Waals surface area contributed by atoms with Gasteiger partial charge in [0, 0.05) is 15.6 Å². The number of thiocarbonyl (C=S) groups is 1. The van der Waals surface area contributed by atoms with Crippen LogP contribution >= 0.6 is 47.0 Å². The van der Waals surface area contributed by atoms with E-state index in [1.54, 1.807) is 42.5 Å². The Morgan fingerprint density at radius 1 is 0.947 bits per heavy atom. The molecule has 0 aliphatic carbocycles. The Bertz CT molecular complexity index is 1440. The summed E-state index contributed by atoms with van der Waals surface area (Å²) in [5.41, 5.74) is 2.76. The van der Waals surface area contributed by atoms with E-state index >= 15 is 0 Å². The molecule has 0 aromatic heterocycles. The first-order chi connectivity index (χ1) is 18.2. The number of nitrogens with one attached hydrogen (secondary N) is 1. The second-order valence-electron chi connectivity index (χ2n) is 8.27. The molecule has 10 heteroatoms. The van der Waals surface area contributed by atoms with Gasteiger partial charge in [0.25, 0.3) is 11.8 Å².